The Balaban J connectivity index is 2.32. The summed E-state index contributed by atoms with van der Waals surface area (Å²) in [6.45, 7) is 1.96. The van der Waals surface area contributed by atoms with Gasteiger partial charge in [0.05, 0.1) is 17.1 Å². The van der Waals surface area contributed by atoms with Crippen molar-refractivity contribution < 1.29 is 10.0 Å². The van der Waals surface area contributed by atoms with E-state index in [0.717, 1.165) is 22.5 Å². The number of carbonyl (C=O) groups excluding carboxylic acids is 1. The fourth-order valence-electron chi connectivity index (χ4n) is 1.93. The van der Waals surface area contributed by atoms with Crippen LogP contribution in [0.3, 0.4) is 0 Å². The van der Waals surface area contributed by atoms with E-state index in [1.54, 1.807) is 11.5 Å². The molecule has 104 valence electrons. The first-order chi connectivity index (χ1) is 9.61. The quantitative estimate of drug-likeness (QED) is 0.597. The van der Waals surface area contributed by atoms with Gasteiger partial charge in [-0.25, -0.2) is 5.48 Å². The third-order valence-corrected chi connectivity index (χ3v) is 3.29. The minimum atomic E-state index is -0.463. The number of para-hydroxylation sites is 2. The molecule has 0 saturated carbocycles. The molecule has 2 aromatic rings. The van der Waals surface area contributed by atoms with E-state index in [1.165, 1.54) is 0 Å². The van der Waals surface area contributed by atoms with Crippen LogP contribution in [0.4, 0.5) is 11.4 Å². The number of amides is 1. The van der Waals surface area contributed by atoms with Crippen LogP contribution < -0.4 is 10.8 Å². The molecule has 0 atom stereocenters. The largest absolute Gasteiger partial charge is 0.354 e. The van der Waals surface area contributed by atoms with Crippen molar-refractivity contribution in [1.29, 1.82) is 0 Å². The van der Waals surface area contributed by atoms with Crippen molar-refractivity contribution in [2.24, 2.45) is 0 Å². The molecule has 1 amide bonds. The first-order valence-corrected chi connectivity index (χ1v) is 6.52. The Hall–Kier alpha value is -2.04. The average Bonchev–Trinajstić information content (AvgIpc) is 2.44. The third-order valence-electron chi connectivity index (χ3n) is 2.97. The summed E-state index contributed by atoms with van der Waals surface area (Å²) in [5.74, 6) is -0.463. The number of carbonyl (C=O) groups is 1. The molecule has 0 aliphatic carbocycles. The normalized spacial score (nSPS) is 10.2. The van der Waals surface area contributed by atoms with E-state index >= 15 is 0 Å². The number of hydroxylamine groups is 1. The molecule has 3 N–H and O–H groups in total. The monoisotopic (exact) mass is 290 g/mol. The van der Waals surface area contributed by atoms with Crippen LogP contribution >= 0.6 is 11.6 Å². The highest BCUT2D eigenvalue weighted by Crippen LogP contribution is 2.30. The third kappa shape index (κ3) is 3.29. The number of halogens is 1. The number of benzene rings is 2. The average molecular weight is 291 g/mol. The van der Waals surface area contributed by atoms with E-state index in [9.17, 15) is 4.79 Å². The van der Waals surface area contributed by atoms with Crippen molar-refractivity contribution in [2.75, 3.05) is 5.32 Å². The molecule has 0 radical (unpaired) electrons. The number of hydrogen-bond donors (Lipinski definition) is 3. The Labute approximate surface area is 122 Å². The van der Waals surface area contributed by atoms with E-state index in [2.05, 4.69) is 5.32 Å². The van der Waals surface area contributed by atoms with Crippen molar-refractivity contribution in [1.82, 2.24) is 5.48 Å². The molecular weight excluding hydrogens is 276 g/mol. The molecule has 0 spiro atoms. The molecule has 4 nitrogen and oxygen atoms in total. The highest BCUT2D eigenvalue weighted by Gasteiger charge is 2.09. The van der Waals surface area contributed by atoms with Gasteiger partial charge in [-0.05, 0) is 30.2 Å². The van der Waals surface area contributed by atoms with Crippen LogP contribution in [0, 0.1) is 6.92 Å². The molecule has 20 heavy (non-hydrogen) atoms. The van der Waals surface area contributed by atoms with Gasteiger partial charge in [0.1, 0.15) is 0 Å². The van der Waals surface area contributed by atoms with Gasteiger partial charge >= 0.3 is 0 Å². The van der Waals surface area contributed by atoms with E-state index in [4.69, 9.17) is 16.8 Å². The lowest BCUT2D eigenvalue weighted by Gasteiger charge is -2.14. The molecule has 0 bridgehead atoms. The van der Waals surface area contributed by atoms with Gasteiger partial charge < -0.3 is 5.32 Å². The van der Waals surface area contributed by atoms with Gasteiger partial charge in [0.2, 0.25) is 5.91 Å². The summed E-state index contributed by atoms with van der Waals surface area (Å²) < 4.78 is 0. The Kier molecular flexibility index (Phi) is 4.61. The molecule has 0 aliphatic rings. The summed E-state index contributed by atoms with van der Waals surface area (Å²) in [5.41, 5.74) is 5.02. The maximum absolute atomic E-state index is 11.3. The molecule has 0 heterocycles. The Bertz CT molecular complexity index is 609. The van der Waals surface area contributed by atoms with E-state index in [-0.39, 0.29) is 6.42 Å². The fraction of sp³-hybridized carbons (Fsp3) is 0.133. The molecule has 2 aromatic carbocycles. The van der Waals surface area contributed by atoms with Gasteiger partial charge in [-0.3, -0.25) is 10.0 Å². The smallest absolute Gasteiger partial charge is 0.247 e. The van der Waals surface area contributed by atoms with Crippen LogP contribution in [0.2, 0.25) is 5.02 Å². The lowest BCUT2D eigenvalue weighted by molar-refractivity contribution is -0.128. The number of anilines is 2. The predicted molar refractivity (Wildman–Crippen MR) is 79.5 cm³/mol. The zero-order chi connectivity index (χ0) is 14.5. The maximum Gasteiger partial charge on any atom is 0.247 e. The van der Waals surface area contributed by atoms with Crippen LogP contribution in [0.25, 0.3) is 0 Å². The summed E-state index contributed by atoms with van der Waals surface area (Å²) in [6.07, 6.45) is 0.0865. The predicted octanol–water partition coefficient (Wildman–Crippen LogP) is 3.44. The molecule has 0 aliphatic heterocycles. The highest BCUT2D eigenvalue weighted by atomic mass is 35.5. The molecule has 0 aromatic heterocycles. The molecular formula is C15H15ClN2O2. The van der Waals surface area contributed by atoms with E-state index < -0.39 is 5.91 Å². The van der Waals surface area contributed by atoms with E-state index in [0.29, 0.717) is 5.02 Å². The summed E-state index contributed by atoms with van der Waals surface area (Å²) in [7, 11) is 0. The minimum absolute atomic E-state index is 0.0865. The van der Waals surface area contributed by atoms with Crippen LogP contribution in [-0.4, -0.2) is 11.1 Å². The van der Waals surface area contributed by atoms with Crippen molar-refractivity contribution in [3.63, 3.8) is 0 Å². The molecule has 0 saturated heterocycles. The van der Waals surface area contributed by atoms with Crippen LogP contribution in [0.1, 0.15) is 11.1 Å². The molecule has 0 unspecified atom stereocenters. The van der Waals surface area contributed by atoms with Gasteiger partial charge in [-0.1, -0.05) is 41.9 Å². The Morgan fingerprint density at radius 1 is 1.20 bits per heavy atom. The second-order valence-electron chi connectivity index (χ2n) is 4.43. The Morgan fingerprint density at radius 3 is 2.65 bits per heavy atom. The van der Waals surface area contributed by atoms with Gasteiger partial charge in [0.25, 0.3) is 0 Å². The van der Waals surface area contributed by atoms with Gasteiger partial charge in [0, 0.05) is 5.69 Å². The molecule has 2 rings (SSSR count). The second kappa shape index (κ2) is 6.41. The number of aryl methyl sites for hydroxylation is 1. The summed E-state index contributed by atoms with van der Waals surface area (Å²) in [5, 5.41) is 12.5. The minimum Gasteiger partial charge on any atom is -0.354 e. The molecule has 0 fully saturated rings. The zero-order valence-electron chi connectivity index (χ0n) is 11.0. The number of nitrogens with one attached hydrogen (secondary N) is 2. The van der Waals surface area contributed by atoms with Crippen LogP contribution in [0.15, 0.2) is 42.5 Å². The van der Waals surface area contributed by atoms with Gasteiger partial charge in [-0.2, -0.15) is 0 Å². The number of hydrogen-bond acceptors (Lipinski definition) is 3. The lowest BCUT2D eigenvalue weighted by Crippen LogP contribution is -2.21. The van der Waals surface area contributed by atoms with Gasteiger partial charge in [-0.15, -0.1) is 0 Å². The van der Waals surface area contributed by atoms with Crippen LogP contribution in [0.5, 0.6) is 0 Å². The van der Waals surface area contributed by atoms with Crippen LogP contribution in [-0.2, 0) is 11.2 Å². The Morgan fingerprint density at radius 2 is 1.95 bits per heavy atom. The first kappa shape index (κ1) is 14.4. The summed E-state index contributed by atoms with van der Waals surface area (Å²) in [4.78, 5) is 11.3. The molecule has 5 heteroatoms. The second-order valence-corrected chi connectivity index (χ2v) is 4.83. The highest BCUT2D eigenvalue weighted by molar-refractivity contribution is 6.33. The topological polar surface area (TPSA) is 61.4 Å². The van der Waals surface area contributed by atoms with Crippen molar-refractivity contribution in [3.05, 3.63) is 58.6 Å². The SMILES string of the molecule is Cc1cccc(Cl)c1Nc1ccccc1CC(=O)NO. The summed E-state index contributed by atoms with van der Waals surface area (Å²) in [6, 6.07) is 13.0. The van der Waals surface area contributed by atoms with Crippen molar-refractivity contribution in [3.8, 4) is 0 Å². The van der Waals surface area contributed by atoms with E-state index in [1.807, 2.05) is 43.3 Å². The number of rotatable bonds is 4. The first-order valence-electron chi connectivity index (χ1n) is 6.15. The van der Waals surface area contributed by atoms with Crippen molar-refractivity contribution in [2.45, 2.75) is 13.3 Å². The lowest BCUT2D eigenvalue weighted by atomic mass is 10.1. The maximum atomic E-state index is 11.3. The van der Waals surface area contributed by atoms with Crippen molar-refractivity contribution >= 4 is 28.9 Å². The fourth-order valence-corrected chi connectivity index (χ4v) is 2.20. The zero-order valence-corrected chi connectivity index (χ0v) is 11.7. The summed E-state index contributed by atoms with van der Waals surface area (Å²) >= 11 is 6.18. The van der Waals surface area contributed by atoms with Gasteiger partial charge in [0.15, 0.2) is 0 Å². The standard InChI is InChI=1S/C15H15ClN2O2/c1-10-5-4-7-12(16)15(10)17-13-8-3-2-6-11(13)9-14(19)18-20/h2-8,17,20H,9H2,1H3,(H,18,19).